The summed E-state index contributed by atoms with van der Waals surface area (Å²) in [5.41, 5.74) is 1.07. The van der Waals surface area contributed by atoms with Gasteiger partial charge in [-0.3, -0.25) is 0 Å². The molecule has 1 fully saturated rings. The van der Waals surface area contributed by atoms with E-state index in [0.29, 0.717) is 19.2 Å². The van der Waals surface area contributed by atoms with E-state index in [1.807, 2.05) is 31.2 Å². The second-order valence-electron chi connectivity index (χ2n) is 4.86. The molecule has 0 bridgehead atoms. The smallest absolute Gasteiger partial charge is 0.0898 e. The maximum absolute atomic E-state index is 9.76. The molecule has 2 atom stereocenters. The summed E-state index contributed by atoms with van der Waals surface area (Å²) in [6.45, 7) is 2.94. The molecule has 0 aromatic heterocycles. The molecule has 3 nitrogen and oxygen atoms in total. The summed E-state index contributed by atoms with van der Waals surface area (Å²) in [6.07, 6.45) is 1.99. The molecule has 1 aliphatic rings. The molecule has 0 spiro atoms. The largest absolute Gasteiger partial charge is 0.389 e. The molecule has 18 heavy (non-hydrogen) atoms. The number of halogens is 1. The summed E-state index contributed by atoms with van der Waals surface area (Å²) in [4.78, 5) is 0. The lowest BCUT2D eigenvalue weighted by molar-refractivity contribution is -0.00212. The molecule has 1 aromatic carbocycles. The van der Waals surface area contributed by atoms with Crippen LogP contribution >= 0.6 is 11.6 Å². The van der Waals surface area contributed by atoms with E-state index in [2.05, 4.69) is 5.32 Å². The monoisotopic (exact) mass is 269 g/mol. The SMILES string of the molecule is CC(OCC(O)CNC1CC1)c1ccc(Cl)cc1. The van der Waals surface area contributed by atoms with Gasteiger partial charge in [0.15, 0.2) is 0 Å². The fraction of sp³-hybridized carbons (Fsp3) is 0.571. The molecule has 2 N–H and O–H groups in total. The van der Waals surface area contributed by atoms with Crippen molar-refractivity contribution in [3.05, 3.63) is 34.9 Å². The van der Waals surface area contributed by atoms with E-state index in [1.54, 1.807) is 0 Å². The number of benzene rings is 1. The lowest BCUT2D eigenvalue weighted by atomic mass is 10.1. The molecular formula is C14H20ClNO2. The van der Waals surface area contributed by atoms with Crippen LogP contribution in [0.25, 0.3) is 0 Å². The van der Waals surface area contributed by atoms with Crippen LogP contribution in [0, 0.1) is 0 Å². The van der Waals surface area contributed by atoms with Gasteiger partial charge in [0.05, 0.1) is 18.8 Å². The van der Waals surface area contributed by atoms with Crippen LogP contribution in [-0.2, 0) is 4.74 Å². The minimum atomic E-state index is -0.444. The van der Waals surface area contributed by atoms with E-state index in [4.69, 9.17) is 16.3 Å². The fourth-order valence-corrected chi connectivity index (χ4v) is 1.86. The summed E-state index contributed by atoms with van der Waals surface area (Å²) in [7, 11) is 0. The molecule has 1 saturated carbocycles. The Morgan fingerprint density at radius 1 is 1.39 bits per heavy atom. The number of aliphatic hydroxyl groups is 1. The van der Waals surface area contributed by atoms with Crippen LogP contribution in [0.4, 0.5) is 0 Å². The number of hydrogen-bond acceptors (Lipinski definition) is 3. The fourth-order valence-electron chi connectivity index (χ4n) is 1.73. The van der Waals surface area contributed by atoms with E-state index in [9.17, 15) is 5.11 Å². The van der Waals surface area contributed by atoms with Gasteiger partial charge in [0.1, 0.15) is 0 Å². The van der Waals surface area contributed by atoms with Crippen LogP contribution in [-0.4, -0.2) is 30.4 Å². The highest BCUT2D eigenvalue weighted by molar-refractivity contribution is 6.30. The molecule has 0 amide bonds. The van der Waals surface area contributed by atoms with Crippen LogP contribution in [0.1, 0.15) is 31.4 Å². The zero-order valence-electron chi connectivity index (χ0n) is 10.6. The van der Waals surface area contributed by atoms with Crippen molar-refractivity contribution in [3.8, 4) is 0 Å². The molecule has 0 saturated heterocycles. The van der Waals surface area contributed by atoms with Crippen molar-refractivity contribution in [1.29, 1.82) is 0 Å². The Bertz CT molecular complexity index is 365. The third-order valence-electron chi connectivity index (χ3n) is 3.10. The van der Waals surface area contributed by atoms with Crippen molar-refractivity contribution in [2.45, 2.75) is 38.0 Å². The van der Waals surface area contributed by atoms with Gasteiger partial charge in [-0.1, -0.05) is 23.7 Å². The minimum Gasteiger partial charge on any atom is -0.389 e. The maximum atomic E-state index is 9.76. The number of hydrogen-bond donors (Lipinski definition) is 2. The quantitative estimate of drug-likeness (QED) is 0.799. The molecule has 1 aliphatic carbocycles. The Morgan fingerprint density at radius 2 is 2.06 bits per heavy atom. The molecule has 100 valence electrons. The normalized spacial score (nSPS) is 18.6. The minimum absolute atomic E-state index is 0.0298. The predicted octanol–water partition coefficient (Wildman–Crippen LogP) is 2.53. The highest BCUT2D eigenvalue weighted by Crippen LogP contribution is 2.20. The van der Waals surface area contributed by atoms with Gasteiger partial charge in [0.2, 0.25) is 0 Å². The van der Waals surface area contributed by atoms with Crippen LogP contribution in [0.15, 0.2) is 24.3 Å². The highest BCUT2D eigenvalue weighted by Gasteiger charge is 2.21. The first kappa shape index (κ1) is 13.8. The molecule has 4 heteroatoms. The van der Waals surface area contributed by atoms with E-state index in [1.165, 1.54) is 12.8 Å². The van der Waals surface area contributed by atoms with Gasteiger partial charge in [-0.05, 0) is 37.5 Å². The summed E-state index contributed by atoms with van der Waals surface area (Å²) < 4.78 is 5.65. The van der Waals surface area contributed by atoms with Gasteiger partial charge in [0, 0.05) is 17.6 Å². The van der Waals surface area contributed by atoms with Crippen LogP contribution in [0.3, 0.4) is 0 Å². The zero-order chi connectivity index (χ0) is 13.0. The van der Waals surface area contributed by atoms with E-state index < -0.39 is 6.10 Å². The third kappa shape index (κ3) is 4.58. The first-order chi connectivity index (χ1) is 8.65. The van der Waals surface area contributed by atoms with Crippen molar-refractivity contribution in [1.82, 2.24) is 5.32 Å². The topological polar surface area (TPSA) is 41.5 Å². The van der Waals surface area contributed by atoms with Gasteiger partial charge in [0.25, 0.3) is 0 Å². The summed E-state index contributed by atoms with van der Waals surface area (Å²) in [5, 5.41) is 13.8. The Labute approximate surface area is 113 Å². The molecular weight excluding hydrogens is 250 g/mol. The molecule has 1 aromatic rings. The van der Waals surface area contributed by atoms with Crippen LogP contribution < -0.4 is 5.32 Å². The summed E-state index contributed by atoms with van der Waals surface area (Å²) in [6, 6.07) is 8.21. The van der Waals surface area contributed by atoms with Crippen molar-refractivity contribution in [2.75, 3.05) is 13.2 Å². The van der Waals surface area contributed by atoms with Crippen molar-refractivity contribution < 1.29 is 9.84 Å². The lowest BCUT2D eigenvalue weighted by Crippen LogP contribution is -2.31. The number of nitrogens with one attached hydrogen (secondary N) is 1. The predicted molar refractivity (Wildman–Crippen MR) is 72.9 cm³/mol. The average molecular weight is 270 g/mol. The van der Waals surface area contributed by atoms with Gasteiger partial charge in [-0.15, -0.1) is 0 Å². The van der Waals surface area contributed by atoms with E-state index in [-0.39, 0.29) is 6.10 Å². The Morgan fingerprint density at radius 3 is 2.67 bits per heavy atom. The first-order valence-electron chi connectivity index (χ1n) is 6.43. The second kappa shape index (κ2) is 6.53. The van der Waals surface area contributed by atoms with Crippen LogP contribution in [0.5, 0.6) is 0 Å². The van der Waals surface area contributed by atoms with E-state index in [0.717, 1.165) is 10.6 Å². The standard InChI is InChI=1S/C14H20ClNO2/c1-10(11-2-4-12(15)5-3-11)18-9-14(17)8-16-13-6-7-13/h2-5,10,13-14,16-17H,6-9H2,1H3. The Hall–Kier alpha value is -0.610. The summed E-state index contributed by atoms with van der Waals surface area (Å²) in [5.74, 6) is 0. The lowest BCUT2D eigenvalue weighted by Gasteiger charge is -2.17. The summed E-state index contributed by atoms with van der Waals surface area (Å²) >= 11 is 5.83. The first-order valence-corrected chi connectivity index (χ1v) is 6.81. The maximum Gasteiger partial charge on any atom is 0.0898 e. The average Bonchev–Trinajstić information content (AvgIpc) is 3.18. The van der Waals surface area contributed by atoms with Gasteiger partial charge in [-0.25, -0.2) is 0 Å². The van der Waals surface area contributed by atoms with Gasteiger partial charge < -0.3 is 15.2 Å². The van der Waals surface area contributed by atoms with Crippen molar-refractivity contribution >= 4 is 11.6 Å². The van der Waals surface area contributed by atoms with Crippen molar-refractivity contribution in [2.24, 2.45) is 0 Å². The number of rotatable bonds is 7. The zero-order valence-corrected chi connectivity index (χ0v) is 11.4. The van der Waals surface area contributed by atoms with Crippen molar-refractivity contribution in [3.63, 3.8) is 0 Å². The molecule has 2 unspecified atom stereocenters. The molecule has 2 rings (SSSR count). The Balaban J connectivity index is 1.69. The van der Waals surface area contributed by atoms with Gasteiger partial charge in [-0.2, -0.15) is 0 Å². The molecule has 0 heterocycles. The molecule has 0 aliphatic heterocycles. The second-order valence-corrected chi connectivity index (χ2v) is 5.30. The third-order valence-corrected chi connectivity index (χ3v) is 3.35. The Kier molecular flexibility index (Phi) is 5.01. The van der Waals surface area contributed by atoms with Gasteiger partial charge >= 0.3 is 0 Å². The molecule has 0 radical (unpaired) electrons. The number of ether oxygens (including phenoxy) is 1. The van der Waals surface area contributed by atoms with E-state index >= 15 is 0 Å². The highest BCUT2D eigenvalue weighted by atomic mass is 35.5. The van der Waals surface area contributed by atoms with Crippen LogP contribution in [0.2, 0.25) is 5.02 Å². The number of aliphatic hydroxyl groups excluding tert-OH is 1.